The van der Waals surface area contributed by atoms with Crippen molar-refractivity contribution in [2.24, 2.45) is 34.5 Å². The van der Waals surface area contributed by atoms with Gasteiger partial charge in [-0.25, -0.2) is 0 Å². The molecule has 0 heterocycles. The summed E-state index contributed by atoms with van der Waals surface area (Å²) in [6.07, 6.45) is 10.7. The van der Waals surface area contributed by atoms with Gasteiger partial charge in [0.05, 0.1) is 5.60 Å². The molecule has 0 aromatic rings. The summed E-state index contributed by atoms with van der Waals surface area (Å²) in [5, 5.41) is 11.5. The molecule has 0 aromatic carbocycles. The Morgan fingerprint density at radius 2 is 1.84 bits per heavy atom. The highest BCUT2D eigenvalue weighted by molar-refractivity contribution is 5.35. The predicted molar refractivity (Wildman–Crippen MR) is 105 cm³/mol. The molecular weight excluding hydrogens is 304 g/mol. The lowest BCUT2D eigenvalue weighted by Crippen LogP contribution is -2.56. The quantitative estimate of drug-likeness (QED) is 0.575. The Kier molecular flexibility index (Phi) is 3.76. The van der Waals surface area contributed by atoms with Crippen LogP contribution < -0.4 is 0 Å². The second-order valence-electron chi connectivity index (χ2n) is 10.3. The third-order valence-corrected chi connectivity index (χ3v) is 9.25. The molecule has 0 unspecified atom stereocenters. The lowest BCUT2D eigenvalue weighted by Gasteiger charge is -2.60. The van der Waals surface area contributed by atoms with Crippen LogP contribution in [-0.2, 0) is 0 Å². The van der Waals surface area contributed by atoms with Crippen molar-refractivity contribution in [2.75, 3.05) is 0 Å². The predicted octanol–water partition coefficient (Wildman–Crippen LogP) is 6.06. The second kappa shape index (κ2) is 5.35. The number of fused-ring (bicyclic) bond motifs is 5. The van der Waals surface area contributed by atoms with Crippen LogP contribution in [0.5, 0.6) is 0 Å². The van der Waals surface area contributed by atoms with Gasteiger partial charge in [-0.1, -0.05) is 51.2 Å². The van der Waals surface area contributed by atoms with Gasteiger partial charge in [0.1, 0.15) is 0 Å². The summed E-state index contributed by atoms with van der Waals surface area (Å²) in [7, 11) is 0. The standard InChI is InChI=1S/C24H36O/c1-15(2)24(25)12-9-20-18-14-17(4)21-13-16(3)7-10-22(21,5)19(18)8-11-23(20,24)6/h13,17-20,25H,1,3,7-12,14H2,2,4-6H3/t17-,18+,19-,20-,22+,23-,24-/m0/s1. The van der Waals surface area contributed by atoms with Gasteiger partial charge in [-0.15, -0.1) is 0 Å². The van der Waals surface area contributed by atoms with Gasteiger partial charge >= 0.3 is 0 Å². The first-order valence-electron chi connectivity index (χ1n) is 10.4. The number of rotatable bonds is 1. The monoisotopic (exact) mass is 340 g/mol. The average Bonchev–Trinajstić information content (AvgIpc) is 2.83. The van der Waals surface area contributed by atoms with E-state index in [1.54, 1.807) is 5.57 Å². The van der Waals surface area contributed by atoms with Crippen molar-refractivity contribution in [3.05, 3.63) is 36.0 Å². The fraction of sp³-hybridized carbons (Fsp3) is 0.750. The lowest BCUT2D eigenvalue weighted by atomic mass is 9.44. The minimum Gasteiger partial charge on any atom is -0.385 e. The maximum absolute atomic E-state index is 11.5. The van der Waals surface area contributed by atoms with Crippen LogP contribution in [0.2, 0.25) is 0 Å². The molecule has 0 aliphatic heterocycles. The first-order chi connectivity index (χ1) is 11.6. The molecule has 1 heteroatoms. The third kappa shape index (κ3) is 2.11. The van der Waals surface area contributed by atoms with Crippen LogP contribution in [0.1, 0.15) is 72.6 Å². The molecule has 3 fully saturated rings. The first kappa shape index (κ1) is 17.6. The van der Waals surface area contributed by atoms with Crippen molar-refractivity contribution in [2.45, 2.75) is 78.2 Å². The first-order valence-corrected chi connectivity index (χ1v) is 10.4. The van der Waals surface area contributed by atoms with Gasteiger partial charge in [0.2, 0.25) is 0 Å². The van der Waals surface area contributed by atoms with Gasteiger partial charge < -0.3 is 5.11 Å². The summed E-state index contributed by atoms with van der Waals surface area (Å²) >= 11 is 0. The van der Waals surface area contributed by atoms with E-state index in [9.17, 15) is 5.11 Å². The number of hydrogen-bond donors (Lipinski definition) is 1. The largest absolute Gasteiger partial charge is 0.385 e. The van der Waals surface area contributed by atoms with Crippen molar-refractivity contribution < 1.29 is 5.11 Å². The van der Waals surface area contributed by atoms with E-state index >= 15 is 0 Å². The Morgan fingerprint density at radius 1 is 1.16 bits per heavy atom. The Morgan fingerprint density at radius 3 is 2.52 bits per heavy atom. The molecular formula is C24H36O. The minimum absolute atomic E-state index is 0.0234. The highest BCUT2D eigenvalue weighted by atomic mass is 16.3. The molecule has 3 saturated carbocycles. The number of allylic oxidation sites excluding steroid dienone is 3. The summed E-state index contributed by atoms with van der Waals surface area (Å²) in [4.78, 5) is 0. The van der Waals surface area contributed by atoms with Crippen LogP contribution >= 0.6 is 0 Å². The summed E-state index contributed by atoms with van der Waals surface area (Å²) < 4.78 is 0. The molecule has 4 aliphatic carbocycles. The van der Waals surface area contributed by atoms with E-state index in [-0.39, 0.29) is 5.41 Å². The normalized spacial score (nSPS) is 52.0. The zero-order chi connectivity index (χ0) is 18.2. The molecule has 0 spiro atoms. The topological polar surface area (TPSA) is 20.2 Å². The second-order valence-corrected chi connectivity index (χ2v) is 10.3. The number of aliphatic hydroxyl groups is 1. The SMILES string of the molecule is C=C1C=C2[C@@H](C)C[C@@H]3[C@H](CC[C@@]4(C)[C@H]3CC[C@]4(O)C(=C)C)[C@@]2(C)CC1. The fourth-order valence-electron chi connectivity index (χ4n) is 7.79. The van der Waals surface area contributed by atoms with E-state index in [1.165, 1.54) is 31.3 Å². The molecule has 0 radical (unpaired) electrons. The van der Waals surface area contributed by atoms with Gasteiger partial charge in [-0.3, -0.25) is 0 Å². The van der Waals surface area contributed by atoms with Crippen LogP contribution in [0.4, 0.5) is 0 Å². The molecule has 1 nitrogen and oxygen atoms in total. The van der Waals surface area contributed by atoms with E-state index in [1.807, 2.05) is 6.92 Å². The van der Waals surface area contributed by atoms with Crippen LogP contribution in [0.3, 0.4) is 0 Å². The van der Waals surface area contributed by atoms with E-state index in [2.05, 4.69) is 40.0 Å². The summed E-state index contributed by atoms with van der Waals surface area (Å²) in [5.41, 5.74) is 3.73. The molecule has 0 aromatic heterocycles. The summed E-state index contributed by atoms with van der Waals surface area (Å²) in [6, 6.07) is 0. The van der Waals surface area contributed by atoms with E-state index in [0.717, 1.165) is 36.7 Å². The van der Waals surface area contributed by atoms with Crippen molar-refractivity contribution in [3.8, 4) is 0 Å². The van der Waals surface area contributed by atoms with Gasteiger partial charge in [-0.2, -0.15) is 0 Å². The highest BCUT2D eigenvalue weighted by Gasteiger charge is 2.64. The van der Waals surface area contributed by atoms with Crippen LogP contribution in [-0.4, -0.2) is 10.7 Å². The highest BCUT2D eigenvalue weighted by Crippen LogP contribution is 2.69. The van der Waals surface area contributed by atoms with Crippen molar-refractivity contribution in [1.82, 2.24) is 0 Å². The fourth-order valence-corrected chi connectivity index (χ4v) is 7.79. The zero-order valence-electron chi connectivity index (χ0n) is 16.7. The van der Waals surface area contributed by atoms with Crippen molar-refractivity contribution in [1.29, 1.82) is 0 Å². The van der Waals surface area contributed by atoms with Crippen molar-refractivity contribution in [3.63, 3.8) is 0 Å². The van der Waals surface area contributed by atoms with Crippen LogP contribution in [0.15, 0.2) is 36.0 Å². The number of hydrogen-bond acceptors (Lipinski definition) is 1. The van der Waals surface area contributed by atoms with E-state index < -0.39 is 5.60 Å². The summed E-state index contributed by atoms with van der Waals surface area (Å²) in [6.45, 7) is 17.8. The molecule has 4 rings (SSSR count). The molecule has 4 aliphatic rings. The molecule has 25 heavy (non-hydrogen) atoms. The van der Waals surface area contributed by atoms with Crippen LogP contribution in [0, 0.1) is 34.5 Å². The molecule has 7 atom stereocenters. The maximum Gasteiger partial charge on any atom is 0.0907 e. The molecule has 0 bridgehead atoms. The molecule has 0 amide bonds. The maximum atomic E-state index is 11.5. The van der Waals surface area contributed by atoms with Gasteiger partial charge in [0.25, 0.3) is 0 Å². The average molecular weight is 341 g/mol. The van der Waals surface area contributed by atoms with E-state index in [0.29, 0.717) is 17.3 Å². The Bertz CT molecular complexity index is 657. The van der Waals surface area contributed by atoms with E-state index in [4.69, 9.17) is 0 Å². The Hall–Kier alpha value is -0.820. The van der Waals surface area contributed by atoms with Crippen LogP contribution in [0.25, 0.3) is 0 Å². The zero-order valence-corrected chi connectivity index (χ0v) is 16.7. The molecule has 138 valence electrons. The minimum atomic E-state index is -0.649. The summed E-state index contributed by atoms with van der Waals surface area (Å²) in [5.74, 6) is 2.85. The van der Waals surface area contributed by atoms with Gasteiger partial charge in [0, 0.05) is 5.41 Å². The third-order valence-electron chi connectivity index (χ3n) is 9.25. The molecule has 1 N–H and O–H groups in total. The smallest absolute Gasteiger partial charge is 0.0907 e. The van der Waals surface area contributed by atoms with Crippen molar-refractivity contribution >= 4 is 0 Å². The van der Waals surface area contributed by atoms with Gasteiger partial charge in [0.15, 0.2) is 0 Å². The Balaban J connectivity index is 1.73. The lowest BCUT2D eigenvalue weighted by molar-refractivity contribution is -0.113. The Labute approximate surface area is 154 Å². The molecule has 0 saturated heterocycles. The van der Waals surface area contributed by atoms with Gasteiger partial charge in [-0.05, 0) is 86.5 Å².